The Morgan fingerprint density at radius 1 is 1.00 bits per heavy atom. The number of hydrogen-bond donors (Lipinski definition) is 0. The summed E-state index contributed by atoms with van der Waals surface area (Å²) in [7, 11) is 0. The van der Waals surface area contributed by atoms with Crippen molar-refractivity contribution in [1.29, 1.82) is 0 Å². The maximum atomic E-state index is 0. The van der Waals surface area contributed by atoms with Crippen LogP contribution in [0.25, 0.3) is 0 Å². The molecule has 0 aliphatic heterocycles. The Morgan fingerprint density at radius 2 is 1.00 bits per heavy atom. The summed E-state index contributed by atoms with van der Waals surface area (Å²) < 4.78 is 0. The van der Waals surface area contributed by atoms with Crippen molar-refractivity contribution in [2.75, 3.05) is 0 Å². The van der Waals surface area contributed by atoms with Crippen LogP contribution in [0.4, 0.5) is 0 Å². The van der Waals surface area contributed by atoms with Gasteiger partial charge in [-0.2, -0.15) is 23.4 Å². The zero-order chi connectivity index (χ0) is 0. The monoisotopic (exact) mass is 211 g/mol. The largest absolute Gasteiger partial charge is 0.197 e. The molecule has 0 rings (SSSR count). The van der Waals surface area contributed by atoms with Crippen molar-refractivity contribution in [1.82, 2.24) is 0 Å². The Bertz CT molecular complexity index is 8.00. The van der Waals surface area contributed by atoms with Crippen LogP contribution in [0.1, 0.15) is 0 Å². The zero-order valence-corrected chi connectivity index (χ0v) is 9.98. The Labute approximate surface area is 75.8 Å². The van der Waals surface area contributed by atoms with Crippen LogP contribution in [-0.2, 0) is 0 Å². The van der Waals surface area contributed by atoms with Gasteiger partial charge in [0, 0.05) is 53.5 Å². The summed E-state index contributed by atoms with van der Waals surface area (Å²) in [5.41, 5.74) is 0. The van der Waals surface area contributed by atoms with Gasteiger partial charge in [0.2, 0.25) is 0 Å². The summed E-state index contributed by atoms with van der Waals surface area (Å²) in [6.07, 6.45) is 0. The molecule has 4 heavy (non-hydrogen) atoms. The van der Waals surface area contributed by atoms with Gasteiger partial charge in [-0.25, -0.2) is 0 Å². The van der Waals surface area contributed by atoms with E-state index in [0.717, 1.165) is 0 Å². The predicted molar refractivity (Wildman–Crippen MR) is 33.0 cm³/mol. The van der Waals surface area contributed by atoms with E-state index >= 15 is 0 Å². The van der Waals surface area contributed by atoms with Crippen LogP contribution in [-0.4, -0.2) is 53.5 Å². The van der Waals surface area contributed by atoms with E-state index in [1.54, 1.807) is 0 Å². The summed E-state index contributed by atoms with van der Waals surface area (Å²) in [4.78, 5) is 0. The van der Waals surface area contributed by atoms with Crippen LogP contribution in [0.3, 0.4) is 0 Å². The van der Waals surface area contributed by atoms with Crippen molar-refractivity contribution in [3.05, 3.63) is 0 Å². The summed E-state index contributed by atoms with van der Waals surface area (Å²) in [6.45, 7) is 0. The first kappa shape index (κ1) is 30.8. The van der Waals surface area contributed by atoms with Crippen LogP contribution in [0.5, 0.6) is 0 Å². The number of rotatable bonds is 0. The average molecular weight is 210 g/mol. The van der Waals surface area contributed by atoms with Crippen molar-refractivity contribution in [2.24, 2.45) is 0 Å². The first-order valence-electron chi connectivity index (χ1n) is 0. The summed E-state index contributed by atoms with van der Waals surface area (Å²) in [6, 6.07) is 0. The van der Waals surface area contributed by atoms with Gasteiger partial charge in [0.15, 0.2) is 0 Å². The molecule has 0 bridgehead atoms. The van der Waals surface area contributed by atoms with Crippen LogP contribution < -0.4 is 0 Å². The van der Waals surface area contributed by atoms with E-state index in [1.165, 1.54) is 0 Å². The minimum Gasteiger partial charge on any atom is -0.197 e. The second kappa shape index (κ2) is 17.6. The zero-order valence-electron chi connectivity index (χ0n) is 2.71. The molecule has 0 saturated heterocycles. The molecule has 1 atom stereocenters. The van der Waals surface area contributed by atoms with Crippen LogP contribution in [0.15, 0.2) is 0 Å². The Hall–Kier alpha value is 2.58. The standard InChI is InChI=1S/Na.H3P.H2S.Sn/h;1H3;1H2;. The van der Waals surface area contributed by atoms with Crippen molar-refractivity contribution >= 4 is 76.9 Å². The predicted octanol–water partition coefficient (Wildman–Crippen LogP) is -0.591. The minimum absolute atomic E-state index is 0. The van der Waals surface area contributed by atoms with Crippen LogP contribution >= 0.6 is 23.4 Å². The van der Waals surface area contributed by atoms with E-state index in [-0.39, 0.29) is 76.9 Å². The smallest absolute Gasteiger partial charge is 0 e. The van der Waals surface area contributed by atoms with Crippen molar-refractivity contribution in [2.45, 2.75) is 0 Å². The summed E-state index contributed by atoms with van der Waals surface area (Å²) in [5.74, 6) is 0. The van der Waals surface area contributed by atoms with Gasteiger partial charge >= 0.3 is 0 Å². The molecule has 4 heteroatoms. The van der Waals surface area contributed by atoms with E-state index in [4.69, 9.17) is 0 Å². The van der Waals surface area contributed by atoms with Crippen LogP contribution in [0.2, 0.25) is 0 Å². The summed E-state index contributed by atoms with van der Waals surface area (Å²) >= 11 is 0. The third kappa shape index (κ3) is 8.82. The first-order valence-corrected chi connectivity index (χ1v) is 0. The molecule has 0 aliphatic carbocycles. The van der Waals surface area contributed by atoms with E-state index in [9.17, 15) is 0 Å². The van der Waals surface area contributed by atoms with Gasteiger partial charge in [0.1, 0.15) is 0 Å². The van der Waals surface area contributed by atoms with Gasteiger partial charge in [-0.15, -0.1) is 0 Å². The SMILES string of the molecule is P.S.[Na].[Sn]. The molecule has 0 aliphatic rings. The molecule has 0 spiro atoms. The molecule has 0 aromatic rings. The molecule has 5 radical (unpaired) electrons. The fourth-order valence-electron chi connectivity index (χ4n) is 0. The summed E-state index contributed by atoms with van der Waals surface area (Å²) in [5, 5.41) is 0. The normalized spacial score (nSPS) is 0. The Kier molecular flexibility index (Phi) is 135. The van der Waals surface area contributed by atoms with Gasteiger partial charge in [-0.1, -0.05) is 0 Å². The third-order valence-electron chi connectivity index (χ3n) is 0. The third-order valence-corrected chi connectivity index (χ3v) is 0. The fraction of sp³-hybridized carbons (Fsp3) is 0. The van der Waals surface area contributed by atoms with Gasteiger partial charge in [-0.3, -0.25) is 0 Å². The van der Waals surface area contributed by atoms with Crippen LogP contribution in [0, 0.1) is 0 Å². The molecule has 0 heterocycles. The molecule has 0 saturated carbocycles. The molecule has 0 nitrogen and oxygen atoms in total. The van der Waals surface area contributed by atoms with Gasteiger partial charge in [0.25, 0.3) is 0 Å². The molecule has 1 unspecified atom stereocenters. The Balaban J connectivity index is 0. The van der Waals surface area contributed by atoms with E-state index in [2.05, 4.69) is 0 Å². The van der Waals surface area contributed by atoms with Gasteiger partial charge in [0.05, 0.1) is 0 Å². The average Bonchev–Trinajstić information content (AvgIpc) is 0. The molecule has 21 valence electrons. The van der Waals surface area contributed by atoms with Gasteiger partial charge < -0.3 is 0 Å². The first-order chi connectivity index (χ1) is 0. The molecule has 0 aromatic heterocycles. The molecular formula is H5NaPSSn. The maximum absolute atomic E-state index is 0. The topological polar surface area (TPSA) is 0 Å². The fourth-order valence-corrected chi connectivity index (χ4v) is 0. The van der Waals surface area contributed by atoms with Crippen molar-refractivity contribution in [3.63, 3.8) is 0 Å². The van der Waals surface area contributed by atoms with Gasteiger partial charge in [-0.05, 0) is 0 Å². The molecule has 0 fully saturated rings. The second-order valence-electron chi connectivity index (χ2n) is 0. The molecule has 0 aromatic carbocycles. The quantitative estimate of drug-likeness (QED) is 0.370. The molecular weight excluding hydrogens is 205 g/mol. The number of hydrogen-bond acceptors (Lipinski definition) is 0. The van der Waals surface area contributed by atoms with Crippen molar-refractivity contribution < 1.29 is 0 Å². The minimum atomic E-state index is 0. The maximum Gasteiger partial charge on any atom is 0 e. The van der Waals surface area contributed by atoms with E-state index in [1.807, 2.05) is 0 Å². The molecule has 0 amide bonds. The van der Waals surface area contributed by atoms with Crippen molar-refractivity contribution in [3.8, 4) is 0 Å². The second-order valence-corrected chi connectivity index (χ2v) is 0. The van der Waals surface area contributed by atoms with E-state index in [0.29, 0.717) is 0 Å². The molecule has 0 N–H and O–H groups in total. The Morgan fingerprint density at radius 3 is 1.00 bits per heavy atom. The van der Waals surface area contributed by atoms with E-state index < -0.39 is 0 Å².